The Morgan fingerprint density at radius 1 is 1.35 bits per heavy atom. The first-order valence-corrected chi connectivity index (χ1v) is 8.87. The van der Waals surface area contributed by atoms with Crippen molar-refractivity contribution in [1.82, 2.24) is 20.8 Å². The molecule has 1 saturated heterocycles. The summed E-state index contributed by atoms with van der Waals surface area (Å²) in [5, 5.41) is 10.4. The molecule has 7 heteroatoms. The van der Waals surface area contributed by atoms with Crippen molar-refractivity contribution in [2.75, 3.05) is 19.6 Å². The number of nitrogens with zero attached hydrogens (tertiary/aromatic N) is 2. The molecule has 2 N–H and O–H groups in total. The lowest BCUT2D eigenvalue weighted by molar-refractivity contribution is 0.0952. The summed E-state index contributed by atoms with van der Waals surface area (Å²) < 4.78 is 5.40. The van der Waals surface area contributed by atoms with Gasteiger partial charge in [0, 0.05) is 12.0 Å². The van der Waals surface area contributed by atoms with Crippen molar-refractivity contribution in [2.24, 2.45) is 5.92 Å². The number of carbonyl (C=O) groups is 1. The van der Waals surface area contributed by atoms with Gasteiger partial charge in [0.15, 0.2) is 5.82 Å². The number of hydrogen-bond donors (Lipinski definition) is 2. The van der Waals surface area contributed by atoms with Gasteiger partial charge in [-0.1, -0.05) is 38.1 Å². The summed E-state index contributed by atoms with van der Waals surface area (Å²) in [4.78, 5) is 17.1. The van der Waals surface area contributed by atoms with Gasteiger partial charge in [0.1, 0.15) is 0 Å². The van der Waals surface area contributed by atoms with Crippen LogP contribution in [0.25, 0.3) is 11.5 Å². The second-order valence-corrected chi connectivity index (χ2v) is 7.62. The van der Waals surface area contributed by atoms with Gasteiger partial charge in [-0.15, -0.1) is 12.4 Å². The Hall–Kier alpha value is -1.92. The summed E-state index contributed by atoms with van der Waals surface area (Å²) in [7, 11) is 0. The summed E-state index contributed by atoms with van der Waals surface area (Å²) >= 11 is 0. The highest BCUT2D eigenvalue weighted by Gasteiger charge is 2.23. The molecule has 2 heterocycles. The fraction of sp³-hybridized carbons (Fsp3) is 0.526. The number of amides is 1. The van der Waals surface area contributed by atoms with E-state index in [1.165, 1.54) is 6.42 Å². The van der Waals surface area contributed by atoms with Crippen LogP contribution in [0, 0.1) is 5.92 Å². The minimum Gasteiger partial charge on any atom is -0.352 e. The predicted molar refractivity (Wildman–Crippen MR) is 104 cm³/mol. The molecule has 1 aromatic heterocycles. The molecule has 0 spiro atoms. The maximum absolute atomic E-state index is 12.6. The van der Waals surface area contributed by atoms with Crippen LogP contribution in [0.4, 0.5) is 0 Å². The first-order valence-electron chi connectivity index (χ1n) is 8.87. The molecule has 1 fully saturated rings. The molecule has 6 nitrogen and oxygen atoms in total. The van der Waals surface area contributed by atoms with Gasteiger partial charge in [0.25, 0.3) is 11.8 Å². The molecular weight excluding hydrogens is 352 g/mol. The standard InChI is InChI=1S/C19H26N4O2.ClH/c1-19(2,3)18-22-17(25-23-18)15-7-5-4-6-14(15)16(24)21-11-9-13-8-10-20-12-13;/h4-7,13,20H,8-12H2,1-3H3,(H,21,24);1H. The molecular formula is C19H27ClN4O2. The molecule has 1 aromatic carbocycles. The fourth-order valence-electron chi connectivity index (χ4n) is 2.95. The van der Waals surface area contributed by atoms with Crippen molar-refractivity contribution in [3.63, 3.8) is 0 Å². The van der Waals surface area contributed by atoms with Gasteiger partial charge in [-0.3, -0.25) is 4.79 Å². The zero-order chi connectivity index (χ0) is 17.9. The van der Waals surface area contributed by atoms with Crippen LogP contribution >= 0.6 is 12.4 Å². The summed E-state index contributed by atoms with van der Waals surface area (Å²) in [5.41, 5.74) is 1.04. The molecule has 0 aliphatic carbocycles. The van der Waals surface area contributed by atoms with E-state index in [4.69, 9.17) is 4.52 Å². The Kier molecular flexibility index (Phi) is 6.78. The van der Waals surface area contributed by atoms with Crippen LogP contribution < -0.4 is 10.6 Å². The summed E-state index contributed by atoms with van der Waals surface area (Å²) in [5.74, 6) is 1.57. The molecule has 0 radical (unpaired) electrons. The summed E-state index contributed by atoms with van der Waals surface area (Å²) in [6, 6.07) is 7.36. The topological polar surface area (TPSA) is 80.0 Å². The number of carbonyl (C=O) groups excluding carboxylic acids is 1. The number of halogens is 1. The second-order valence-electron chi connectivity index (χ2n) is 7.62. The lowest BCUT2D eigenvalue weighted by Crippen LogP contribution is -2.27. The third-order valence-electron chi connectivity index (χ3n) is 4.50. The lowest BCUT2D eigenvalue weighted by Gasteiger charge is -2.11. The van der Waals surface area contributed by atoms with Crippen molar-refractivity contribution >= 4 is 18.3 Å². The highest BCUT2D eigenvalue weighted by Crippen LogP contribution is 2.26. The van der Waals surface area contributed by atoms with Crippen LogP contribution in [-0.2, 0) is 5.41 Å². The van der Waals surface area contributed by atoms with Gasteiger partial charge in [0.2, 0.25) is 0 Å². The van der Waals surface area contributed by atoms with E-state index in [9.17, 15) is 4.79 Å². The Morgan fingerprint density at radius 3 is 2.77 bits per heavy atom. The first-order chi connectivity index (χ1) is 11.9. The fourth-order valence-corrected chi connectivity index (χ4v) is 2.95. The lowest BCUT2D eigenvalue weighted by atomic mass is 9.96. The summed E-state index contributed by atoms with van der Waals surface area (Å²) in [6.07, 6.45) is 2.18. The van der Waals surface area contributed by atoms with Crippen molar-refractivity contribution in [1.29, 1.82) is 0 Å². The zero-order valence-electron chi connectivity index (χ0n) is 15.5. The Labute approximate surface area is 160 Å². The highest BCUT2D eigenvalue weighted by molar-refractivity contribution is 5.99. The second kappa shape index (κ2) is 8.64. The van der Waals surface area contributed by atoms with E-state index in [2.05, 4.69) is 20.8 Å². The van der Waals surface area contributed by atoms with E-state index in [0.29, 0.717) is 35.3 Å². The van der Waals surface area contributed by atoms with E-state index < -0.39 is 0 Å². The number of nitrogens with one attached hydrogen (secondary N) is 2. The summed E-state index contributed by atoms with van der Waals surface area (Å²) in [6.45, 7) is 8.88. The Morgan fingerprint density at radius 2 is 2.12 bits per heavy atom. The normalized spacial score (nSPS) is 17.0. The average molecular weight is 379 g/mol. The van der Waals surface area contributed by atoms with E-state index in [-0.39, 0.29) is 23.7 Å². The largest absolute Gasteiger partial charge is 0.352 e. The van der Waals surface area contributed by atoms with Gasteiger partial charge in [-0.2, -0.15) is 4.98 Å². The molecule has 142 valence electrons. The van der Waals surface area contributed by atoms with Crippen LogP contribution in [0.5, 0.6) is 0 Å². The molecule has 0 saturated carbocycles. The first kappa shape index (κ1) is 20.4. The zero-order valence-corrected chi connectivity index (χ0v) is 16.4. The van der Waals surface area contributed by atoms with Crippen LogP contribution in [0.15, 0.2) is 28.8 Å². The maximum Gasteiger partial charge on any atom is 0.258 e. The van der Waals surface area contributed by atoms with E-state index >= 15 is 0 Å². The third kappa shape index (κ3) is 4.83. The Balaban J connectivity index is 0.00000243. The maximum atomic E-state index is 12.6. The van der Waals surface area contributed by atoms with Gasteiger partial charge < -0.3 is 15.2 Å². The molecule has 2 aromatic rings. The van der Waals surface area contributed by atoms with Gasteiger partial charge in [-0.05, 0) is 44.0 Å². The highest BCUT2D eigenvalue weighted by atomic mass is 35.5. The Bertz CT molecular complexity index is 733. The minimum atomic E-state index is -0.200. The molecule has 1 unspecified atom stereocenters. The molecule has 1 aliphatic rings. The smallest absolute Gasteiger partial charge is 0.258 e. The predicted octanol–water partition coefficient (Wildman–Crippen LogP) is 3.19. The number of benzene rings is 1. The van der Waals surface area contributed by atoms with Crippen LogP contribution in [-0.4, -0.2) is 35.7 Å². The third-order valence-corrected chi connectivity index (χ3v) is 4.50. The van der Waals surface area contributed by atoms with Gasteiger partial charge in [-0.25, -0.2) is 0 Å². The molecule has 0 bridgehead atoms. The number of rotatable bonds is 5. The van der Waals surface area contributed by atoms with Gasteiger partial charge >= 0.3 is 0 Å². The van der Waals surface area contributed by atoms with Crippen LogP contribution in [0.3, 0.4) is 0 Å². The van der Waals surface area contributed by atoms with E-state index in [0.717, 1.165) is 19.5 Å². The van der Waals surface area contributed by atoms with Crippen molar-refractivity contribution in [2.45, 2.75) is 39.0 Å². The van der Waals surface area contributed by atoms with E-state index in [1.54, 1.807) is 6.07 Å². The van der Waals surface area contributed by atoms with E-state index in [1.807, 2.05) is 39.0 Å². The van der Waals surface area contributed by atoms with Crippen molar-refractivity contribution in [3.8, 4) is 11.5 Å². The van der Waals surface area contributed by atoms with Crippen LogP contribution in [0.1, 0.15) is 49.8 Å². The minimum absolute atomic E-state index is 0. The van der Waals surface area contributed by atoms with Gasteiger partial charge in [0.05, 0.1) is 11.1 Å². The quantitative estimate of drug-likeness (QED) is 0.835. The molecule has 1 amide bonds. The monoisotopic (exact) mass is 378 g/mol. The number of hydrogen-bond acceptors (Lipinski definition) is 5. The number of aromatic nitrogens is 2. The van der Waals surface area contributed by atoms with Crippen molar-refractivity contribution < 1.29 is 9.32 Å². The molecule has 1 aliphatic heterocycles. The van der Waals surface area contributed by atoms with Crippen LogP contribution in [0.2, 0.25) is 0 Å². The molecule has 1 atom stereocenters. The average Bonchev–Trinajstić information content (AvgIpc) is 3.26. The SMILES string of the molecule is CC(C)(C)c1noc(-c2ccccc2C(=O)NCCC2CCNC2)n1.Cl. The molecule has 3 rings (SSSR count). The van der Waals surface area contributed by atoms with Crippen molar-refractivity contribution in [3.05, 3.63) is 35.7 Å². The molecule has 26 heavy (non-hydrogen) atoms.